The maximum absolute atomic E-state index is 14.2. The van der Waals surface area contributed by atoms with Crippen LogP contribution in [0.2, 0.25) is 0 Å². The molecule has 0 aliphatic heterocycles. The smallest absolute Gasteiger partial charge is 0.162 e. The van der Waals surface area contributed by atoms with E-state index in [2.05, 4.69) is 21.5 Å². The van der Waals surface area contributed by atoms with Gasteiger partial charge in [-0.3, -0.25) is 9.78 Å². The molecule has 1 aromatic carbocycles. The zero-order chi connectivity index (χ0) is 23.5. The number of hydrogen-bond donors (Lipinski definition) is 1. The van der Waals surface area contributed by atoms with Gasteiger partial charge in [0.25, 0.3) is 0 Å². The fraction of sp³-hybridized carbons (Fsp3) is 0.360. The van der Waals surface area contributed by atoms with E-state index in [1.165, 1.54) is 6.07 Å². The minimum Gasteiger partial charge on any atom is -0.382 e. The molecular weight excluding hydrogens is 419 g/mol. The van der Waals surface area contributed by atoms with Gasteiger partial charge in [-0.05, 0) is 43.2 Å². The van der Waals surface area contributed by atoms with E-state index in [0.29, 0.717) is 29.0 Å². The van der Waals surface area contributed by atoms with Crippen LogP contribution < -0.4 is 10.6 Å². The van der Waals surface area contributed by atoms with Crippen molar-refractivity contribution in [2.45, 2.75) is 45.6 Å². The van der Waals surface area contributed by atoms with E-state index >= 15 is 0 Å². The molecule has 4 rings (SSSR count). The summed E-state index contributed by atoms with van der Waals surface area (Å²) in [6.07, 6.45) is 5.42. The Labute approximate surface area is 192 Å². The molecule has 0 unspecified atom stereocenters. The van der Waals surface area contributed by atoms with Crippen LogP contribution in [0.15, 0.2) is 36.5 Å². The monoisotopic (exact) mass is 448 g/mol. The lowest BCUT2D eigenvalue weighted by Gasteiger charge is -2.14. The van der Waals surface area contributed by atoms with Gasteiger partial charge in [-0.25, -0.2) is 14.4 Å². The van der Waals surface area contributed by atoms with Crippen molar-refractivity contribution < 1.29 is 9.18 Å². The van der Waals surface area contributed by atoms with Crippen LogP contribution >= 0.6 is 0 Å². The molecule has 4 aromatic rings. The number of nitrogens with zero attached hydrogens (tertiary/aromatic N) is 5. The third-order valence-electron chi connectivity index (χ3n) is 5.89. The van der Waals surface area contributed by atoms with Gasteiger partial charge in [0.2, 0.25) is 0 Å². The Morgan fingerprint density at radius 1 is 1.12 bits per heavy atom. The molecule has 172 valence electrons. The molecule has 0 spiro atoms. The number of unbranched alkanes of at least 4 members (excludes halogenated alkanes) is 2. The SMILES string of the molecule is CCc1nc2c(N)nc3cccnc3c2n1CCCCCC(=O)c1ccc(N(C)C)c(F)c1. The summed E-state index contributed by atoms with van der Waals surface area (Å²) in [5, 5.41) is 0. The quantitative estimate of drug-likeness (QED) is 0.293. The van der Waals surface area contributed by atoms with Crippen molar-refractivity contribution in [1.29, 1.82) is 0 Å². The normalized spacial score (nSPS) is 11.4. The van der Waals surface area contributed by atoms with Crippen LogP contribution in [-0.4, -0.2) is 39.4 Å². The zero-order valence-corrected chi connectivity index (χ0v) is 19.3. The number of carbonyl (C=O) groups excluding carboxylic acids is 1. The van der Waals surface area contributed by atoms with Crippen LogP contribution in [0.25, 0.3) is 22.1 Å². The van der Waals surface area contributed by atoms with Gasteiger partial charge in [0, 0.05) is 45.2 Å². The predicted octanol–water partition coefficient (Wildman–Crippen LogP) is 4.77. The summed E-state index contributed by atoms with van der Waals surface area (Å²) in [6, 6.07) is 8.43. The Morgan fingerprint density at radius 3 is 2.67 bits per heavy atom. The van der Waals surface area contributed by atoms with Crippen molar-refractivity contribution in [1.82, 2.24) is 19.5 Å². The van der Waals surface area contributed by atoms with Crippen molar-refractivity contribution in [3.8, 4) is 0 Å². The number of imidazole rings is 1. The minimum absolute atomic E-state index is 0.0319. The fourth-order valence-corrected chi connectivity index (χ4v) is 4.20. The van der Waals surface area contributed by atoms with Crippen molar-refractivity contribution in [3.63, 3.8) is 0 Å². The minimum atomic E-state index is -0.375. The summed E-state index contributed by atoms with van der Waals surface area (Å²) in [5.41, 5.74) is 10.2. The number of nitrogens with two attached hydrogens (primary N) is 1. The highest BCUT2D eigenvalue weighted by atomic mass is 19.1. The number of rotatable bonds is 9. The number of aryl methyl sites for hydroxylation is 2. The van der Waals surface area contributed by atoms with Gasteiger partial charge in [0.1, 0.15) is 28.2 Å². The number of Topliss-reactive ketones (excluding diaryl/α,β-unsaturated/α-hetero) is 1. The second-order valence-corrected chi connectivity index (χ2v) is 8.39. The Hall–Kier alpha value is -3.55. The molecule has 33 heavy (non-hydrogen) atoms. The lowest BCUT2D eigenvalue weighted by atomic mass is 10.0. The number of aromatic nitrogens is 4. The van der Waals surface area contributed by atoms with Crippen LogP contribution in [0.5, 0.6) is 0 Å². The number of pyridine rings is 2. The Balaban J connectivity index is 1.42. The lowest BCUT2D eigenvalue weighted by Crippen LogP contribution is -2.11. The zero-order valence-electron chi connectivity index (χ0n) is 19.3. The number of nitrogen functional groups attached to an aromatic ring is 1. The Kier molecular flexibility index (Phi) is 6.53. The summed E-state index contributed by atoms with van der Waals surface area (Å²) in [6.45, 7) is 2.82. The van der Waals surface area contributed by atoms with E-state index in [1.54, 1.807) is 37.3 Å². The number of ketones is 1. The second-order valence-electron chi connectivity index (χ2n) is 8.39. The van der Waals surface area contributed by atoms with E-state index in [9.17, 15) is 9.18 Å². The van der Waals surface area contributed by atoms with Crippen LogP contribution in [0.4, 0.5) is 15.9 Å². The number of carbonyl (C=O) groups is 1. The van der Waals surface area contributed by atoms with E-state index in [-0.39, 0.29) is 11.6 Å². The second kappa shape index (κ2) is 9.52. The summed E-state index contributed by atoms with van der Waals surface area (Å²) < 4.78 is 16.4. The number of anilines is 2. The average Bonchev–Trinajstić information content (AvgIpc) is 3.18. The van der Waals surface area contributed by atoms with Gasteiger partial charge in [-0.15, -0.1) is 0 Å². The molecule has 2 N–H and O–H groups in total. The van der Waals surface area contributed by atoms with Crippen molar-refractivity contribution in [2.24, 2.45) is 0 Å². The summed E-state index contributed by atoms with van der Waals surface area (Å²) in [7, 11) is 3.55. The molecule has 0 bridgehead atoms. The molecule has 3 heterocycles. The standard InChI is InChI=1S/C25H29FN6O/c1-4-21-30-23-24(22-18(29-25(23)27)9-8-13-28-22)32(21)14-7-5-6-10-20(33)16-11-12-19(31(2)3)17(26)15-16/h8-9,11-13,15H,4-7,10,14H2,1-3H3,(H2,27,29). The first-order chi connectivity index (χ1) is 15.9. The average molecular weight is 449 g/mol. The lowest BCUT2D eigenvalue weighted by molar-refractivity contribution is 0.0978. The first kappa shape index (κ1) is 22.6. The molecule has 0 aliphatic rings. The Bertz CT molecular complexity index is 1310. The van der Waals surface area contributed by atoms with E-state index in [1.807, 2.05) is 12.1 Å². The first-order valence-electron chi connectivity index (χ1n) is 11.3. The van der Waals surface area contributed by atoms with Gasteiger partial charge < -0.3 is 15.2 Å². The molecule has 0 aliphatic carbocycles. The highest BCUT2D eigenvalue weighted by Crippen LogP contribution is 2.28. The molecule has 0 amide bonds. The molecule has 3 aromatic heterocycles. The molecule has 0 saturated carbocycles. The highest BCUT2D eigenvalue weighted by Gasteiger charge is 2.17. The first-order valence-corrected chi connectivity index (χ1v) is 11.3. The molecule has 0 saturated heterocycles. The topological polar surface area (TPSA) is 89.9 Å². The molecule has 0 fully saturated rings. The molecule has 8 heteroatoms. The van der Waals surface area contributed by atoms with Crippen molar-refractivity contribution >= 4 is 39.4 Å². The molecular formula is C25H29FN6O. The third-order valence-corrected chi connectivity index (χ3v) is 5.89. The van der Waals surface area contributed by atoms with Gasteiger partial charge >= 0.3 is 0 Å². The third kappa shape index (κ3) is 4.51. The number of hydrogen-bond acceptors (Lipinski definition) is 6. The summed E-state index contributed by atoms with van der Waals surface area (Å²) >= 11 is 0. The largest absolute Gasteiger partial charge is 0.382 e. The summed E-state index contributed by atoms with van der Waals surface area (Å²) in [5.74, 6) is 0.955. The van der Waals surface area contributed by atoms with Gasteiger partial charge in [-0.2, -0.15) is 0 Å². The highest BCUT2D eigenvalue weighted by molar-refractivity contribution is 6.04. The van der Waals surface area contributed by atoms with E-state index in [4.69, 9.17) is 10.7 Å². The maximum atomic E-state index is 14.2. The number of fused-ring (bicyclic) bond motifs is 3. The fourth-order valence-electron chi connectivity index (χ4n) is 4.20. The van der Waals surface area contributed by atoms with E-state index < -0.39 is 0 Å². The van der Waals surface area contributed by atoms with Gasteiger partial charge in [0.15, 0.2) is 11.6 Å². The Morgan fingerprint density at radius 2 is 1.94 bits per heavy atom. The van der Waals surface area contributed by atoms with Gasteiger partial charge in [-0.1, -0.05) is 13.3 Å². The summed E-state index contributed by atoms with van der Waals surface area (Å²) in [4.78, 5) is 27.9. The van der Waals surface area contributed by atoms with Crippen LogP contribution in [0, 0.1) is 5.82 Å². The van der Waals surface area contributed by atoms with Crippen molar-refractivity contribution in [3.05, 3.63) is 53.7 Å². The van der Waals surface area contributed by atoms with Crippen LogP contribution in [-0.2, 0) is 13.0 Å². The molecule has 0 atom stereocenters. The molecule has 7 nitrogen and oxygen atoms in total. The van der Waals surface area contributed by atoms with E-state index in [0.717, 1.165) is 54.6 Å². The van der Waals surface area contributed by atoms with Gasteiger partial charge in [0.05, 0.1) is 11.2 Å². The van der Waals surface area contributed by atoms with Crippen LogP contribution in [0.1, 0.15) is 48.8 Å². The number of halogens is 1. The maximum Gasteiger partial charge on any atom is 0.162 e. The molecule has 0 radical (unpaired) electrons. The predicted molar refractivity (Wildman–Crippen MR) is 130 cm³/mol. The van der Waals surface area contributed by atoms with Crippen LogP contribution in [0.3, 0.4) is 0 Å². The van der Waals surface area contributed by atoms with Crippen molar-refractivity contribution in [2.75, 3.05) is 24.7 Å². The number of benzene rings is 1.